The van der Waals surface area contributed by atoms with Gasteiger partial charge in [0.15, 0.2) is 0 Å². The lowest BCUT2D eigenvalue weighted by Crippen LogP contribution is -2.61. The fourth-order valence-electron chi connectivity index (χ4n) is 2.34. The lowest BCUT2D eigenvalue weighted by Gasteiger charge is -2.39. The van der Waals surface area contributed by atoms with E-state index in [9.17, 15) is 13.2 Å². The van der Waals surface area contributed by atoms with Crippen molar-refractivity contribution in [3.63, 3.8) is 0 Å². The smallest absolute Gasteiger partial charge is 0.277 e. The van der Waals surface area contributed by atoms with Crippen LogP contribution in [0, 0.1) is 5.92 Å². The number of likely N-dealkylation sites (tertiary alicyclic amines) is 1. The molecule has 22 heavy (non-hydrogen) atoms. The molecule has 1 saturated heterocycles. The Bertz CT molecular complexity index is 679. The van der Waals surface area contributed by atoms with Crippen LogP contribution < -0.4 is 4.72 Å². The van der Waals surface area contributed by atoms with Crippen LogP contribution in [0.1, 0.15) is 39.3 Å². The highest BCUT2D eigenvalue weighted by Gasteiger charge is 2.41. The lowest BCUT2D eigenvalue weighted by molar-refractivity contribution is -0.137. The molecule has 0 unspecified atom stereocenters. The summed E-state index contributed by atoms with van der Waals surface area (Å²) in [5.41, 5.74) is 0.313. The molecule has 1 aliphatic heterocycles. The van der Waals surface area contributed by atoms with Gasteiger partial charge >= 0.3 is 0 Å². The van der Waals surface area contributed by atoms with Gasteiger partial charge in [-0.15, -0.1) is 0 Å². The van der Waals surface area contributed by atoms with Crippen LogP contribution >= 0.6 is 0 Å². The maximum absolute atomic E-state index is 12.3. The molecule has 1 aromatic heterocycles. The van der Waals surface area contributed by atoms with Crippen molar-refractivity contribution >= 4 is 15.9 Å². The van der Waals surface area contributed by atoms with Crippen molar-refractivity contribution in [1.82, 2.24) is 14.8 Å². The molecule has 3 rings (SSSR count). The molecule has 0 bridgehead atoms. The molecule has 0 spiro atoms. The number of sulfonamides is 1. The Balaban J connectivity index is 1.60. The van der Waals surface area contributed by atoms with Crippen LogP contribution in [0.3, 0.4) is 0 Å². The highest BCUT2D eigenvalue weighted by Crippen LogP contribution is 2.32. The fourth-order valence-corrected chi connectivity index (χ4v) is 3.44. The Morgan fingerprint density at radius 2 is 2.00 bits per heavy atom. The number of rotatable bonds is 4. The highest BCUT2D eigenvalue weighted by molar-refractivity contribution is 7.89. The minimum Gasteiger partial charge on any atom is -0.343 e. The number of amides is 1. The second kappa shape index (κ2) is 5.06. The van der Waals surface area contributed by atoms with E-state index in [1.54, 1.807) is 4.90 Å². The van der Waals surface area contributed by atoms with Crippen LogP contribution in [-0.4, -0.2) is 43.5 Å². The average Bonchev–Trinajstić information content (AvgIpc) is 3.06. The molecule has 1 N–H and O–H groups in total. The Hall–Kier alpha value is -1.41. The number of nitrogens with one attached hydrogen (secondary N) is 1. The van der Waals surface area contributed by atoms with Gasteiger partial charge in [-0.05, 0) is 12.8 Å². The number of carbonyl (C=O) groups excluding carboxylic acids is 1. The van der Waals surface area contributed by atoms with Gasteiger partial charge in [-0.25, -0.2) is 13.1 Å². The molecular weight excluding hydrogens is 306 g/mol. The summed E-state index contributed by atoms with van der Waals surface area (Å²) < 4.78 is 32.0. The molecule has 7 nitrogen and oxygen atoms in total. The van der Waals surface area contributed by atoms with Gasteiger partial charge < -0.3 is 9.42 Å². The molecule has 2 heterocycles. The minimum absolute atomic E-state index is 0.144. The standard InChI is InChI=1S/C14H21N3O4S/c1-14(2,3)11-6-12(21-15-11)22(19,20)16-10-7-17(8-10)13(18)9-4-5-9/h6,9-10,16H,4-5,7-8H2,1-3H3. The lowest BCUT2D eigenvalue weighted by atomic mass is 9.93. The first-order valence-corrected chi connectivity index (χ1v) is 8.93. The molecule has 1 aliphatic carbocycles. The SMILES string of the molecule is CC(C)(C)c1cc(S(=O)(=O)NC2CN(C(=O)C3CC3)C2)on1. The Labute approximate surface area is 130 Å². The first-order valence-electron chi connectivity index (χ1n) is 7.45. The van der Waals surface area contributed by atoms with E-state index in [-0.39, 0.29) is 28.4 Å². The molecule has 0 radical (unpaired) electrons. The number of aromatic nitrogens is 1. The number of nitrogens with zero attached hydrogens (tertiary/aromatic N) is 2. The summed E-state index contributed by atoms with van der Waals surface area (Å²) in [5, 5.41) is 3.64. The van der Waals surface area contributed by atoms with Crippen LogP contribution in [-0.2, 0) is 20.2 Å². The normalized spacial score (nSPS) is 20.0. The number of hydrogen-bond acceptors (Lipinski definition) is 5. The Morgan fingerprint density at radius 3 is 2.50 bits per heavy atom. The van der Waals surface area contributed by atoms with Crippen LogP contribution in [0.5, 0.6) is 0 Å². The van der Waals surface area contributed by atoms with Crippen molar-refractivity contribution in [2.45, 2.75) is 50.2 Å². The fraction of sp³-hybridized carbons (Fsp3) is 0.714. The van der Waals surface area contributed by atoms with Crippen LogP contribution in [0.4, 0.5) is 0 Å². The molecule has 0 aromatic carbocycles. The summed E-state index contributed by atoms with van der Waals surface area (Å²) in [6, 6.07) is 1.20. The molecule has 0 atom stereocenters. The highest BCUT2D eigenvalue weighted by atomic mass is 32.2. The molecule has 2 aliphatic rings. The summed E-state index contributed by atoms with van der Waals surface area (Å²) >= 11 is 0. The first kappa shape index (κ1) is 15.5. The van der Waals surface area contributed by atoms with Gasteiger partial charge in [0.2, 0.25) is 5.91 Å². The van der Waals surface area contributed by atoms with Crippen LogP contribution in [0.15, 0.2) is 15.7 Å². The van der Waals surface area contributed by atoms with E-state index >= 15 is 0 Å². The van der Waals surface area contributed by atoms with Gasteiger partial charge in [0.05, 0.1) is 11.7 Å². The van der Waals surface area contributed by atoms with Crippen LogP contribution in [0.25, 0.3) is 0 Å². The van der Waals surface area contributed by atoms with Gasteiger partial charge in [-0.1, -0.05) is 25.9 Å². The van der Waals surface area contributed by atoms with E-state index in [0.717, 1.165) is 12.8 Å². The predicted molar refractivity (Wildman–Crippen MR) is 78.6 cm³/mol. The molecular formula is C14H21N3O4S. The third-order valence-corrected chi connectivity index (χ3v) is 5.33. The van der Waals surface area contributed by atoms with Crippen molar-refractivity contribution in [3.05, 3.63) is 11.8 Å². The van der Waals surface area contributed by atoms with Crippen molar-refractivity contribution in [3.8, 4) is 0 Å². The zero-order valence-corrected chi connectivity index (χ0v) is 13.8. The average molecular weight is 327 g/mol. The van der Waals surface area contributed by atoms with E-state index < -0.39 is 10.0 Å². The molecule has 1 aromatic rings. The maximum atomic E-state index is 12.3. The summed E-state index contributed by atoms with van der Waals surface area (Å²) in [5.74, 6) is 0.311. The van der Waals surface area contributed by atoms with E-state index in [1.807, 2.05) is 20.8 Å². The predicted octanol–water partition coefficient (Wildman–Crippen LogP) is 0.871. The van der Waals surface area contributed by atoms with Crippen LogP contribution in [0.2, 0.25) is 0 Å². The quantitative estimate of drug-likeness (QED) is 0.886. The second-order valence-electron chi connectivity index (χ2n) is 7.12. The van der Waals surface area contributed by atoms with Gasteiger partial charge in [0, 0.05) is 30.5 Å². The molecule has 2 fully saturated rings. The summed E-state index contributed by atoms with van der Waals surface area (Å²) in [6.45, 7) is 6.65. The molecule has 1 amide bonds. The second-order valence-corrected chi connectivity index (χ2v) is 8.76. The topological polar surface area (TPSA) is 92.5 Å². The van der Waals surface area contributed by atoms with Gasteiger partial charge in [-0.3, -0.25) is 4.79 Å². The van der Waals surface area contributed by atoms with E-state index in [0.29, 0.717) is 18.8 Å². The van der Waals surface area contributed by atoms with Crippen molar-refractivity contribution in [2.24, 2.45) is 5.92 Å². The largest absolute Gasteiger partial charge is 0.343 e. The Morgan fingerprint density at radius 1 is 1.36 bits per heavy atom. The number of hydrogen-bond donors (Lipinski definition) is 1. The van der Waals surface area contributed by atoms with Gasteiger partial charge in [0.1, 0.15) is 0 Å². The summed E-state index contributed by atoms with van der Waals surface area (Å²) in [7, 11) is -3.73. The molecule has 1 saturated carbocycles. The molecule has 8 heteroatoms. The van der Waals surface area contributed by atoms with Gasteiger partial charge in [0.25, 0.3) is 15.1 Å². The monoisotopic (exact) mass is 327 g/mol. The number of carbonyl (C=O) groups is 1. The minimum atomic E-state index is -3.73. The van der Waals surface area contributed by atoms with Crippen molar-refractivity contribution < 1.29 is 17.7 Å². The third kappa shape index (κ3) is 3.03. The summed E-state index contributed by atoms with van der Waals surface area (Å²) in [6.07, 6.45) is 1.92. The zero-order chi connectivity index (χ0) is 16.1. The van der Waals surface area contributed by atoms with E-state index in [2.05, 4.69) is 9.88 Å². The molecule has 122 valence electrons. The zero-order valence-electron chi connectivity index (χ0n) is 13.0. The first-order chi connectivity index (χ1) is 10.2. The van der Waals surface area contributed by atoms with Crippen molar-refractivity contribution in [2.75, 3.05) is 13.1 Å². The Kier molecular flexibility index (Phi) is 3.56. The van der Waals surface area contributed by atoms with E-state index in [1.165, 1.54) is 6.07 Å². The van der Waals surface area contributed by atoms with Gasteiger partial charge in [-0.2, -0.15) is 0 Å². The third-order valence-electron chi connectivity index (χ3n) is 3.96. The van der Waals surface area contributed by atoms with E-state index in [4.69, 9.17) is 4.52 Å². The summed E-state index contributed by atoms with van der Waals surface area (Å²) in [4.78, 5) is 13.5. The maximum Gasteiger partial charge on any atom is 0.277 e. The van der Waals surface area contributed by atoms with Crippen molar-refractivity contribution in [1.29, 1.82) is 0 Å².